The van der Waals surface area contributed by atoms with Crippen molar-refractivity contribution < 1.29 is 24.2 Å². The quantitative estimate of drug-likeness (QED) is 0.401. The summed E-state index contributed by atoms with van der Waals surface area (Å²) in [4.78, 5) is 39.3. The fourth-order valence-electron chi connectivity index (χ4n) is 2.84. The van der Waals surface area contributed by atoms with Gasteiger partial charge in [0.25, 0.3) is 0 Å². The number of hydrogen-bond acceptors (Lipinski definition) is 7. The zero-order valence-corrected chi connectivity index (χ0v) is 15.4. The van der Waals surface area contributed by atoms with Gasteiger partial charge in [-0.05, 0) is 22.4 Å². The van der Waals surface area contributed by atoms with Crippen molar-refractivity contribution in [3.05, 3.63) is 46.0 Å². The summed E-state index contributed by atoms with van der Waals surface area (Å²) >= 11 is 2.77. The van der Waals surface area contributed by atoms with E-state index < -0.39 is 23.4 Å². The Hall–Kier alpha value is -2.10. The number of aliphatic hydroxyl groups is 1. The van der Waals surface area contributed by atoms with Crippen molar-refractivity contribution >= 4 is 40.9 Å². The van der Waals surface area contributed by atoms with E-state index in [0.29, 0.717) is 5.57 Å². The van der Waals surface area contributed by atoms with Crippen LogP contribution in [0.3, 0.4) is 0 Å². The molecule has 3 rings (SSSR count). The molecule has 26 heavy (non-hydrogen) atoms. The number of β-lactam (4-membered cyclic amide) rings is 1. The number of nitrogens with zero attached hydrogens (tertiary/aromatic N) is 1. The van der Waals surface area contributed by atoms with Crippen molar-refractivity contribution in [2.75, 3.05) is 13.2 Å². The first-order valence-corrected chi connectivity index (χ1v) is 9.75. The number of rotatable bonds is 7. The van der Waals surface area contributed by atoms with Gasteiger partial charge in [0.05, 0.1) is 13.0 Å². The number of hydrogen-bond donors (Lipinski definition) is 2. The van der Waals surface area contributed by atoms with Crippen molar-refractivity contribution in [3.63, 3.8) is 0 Å². The fraction of sp³-hybridized carbons (Fsp3) is 0.353. The van der Waals surface area contributed by atoms with Gasteiger partial charge in [-0.25, -0.2) is 4.79 Å². The lowest BCUT2D eigenvalue weighted by molar-refractivity contribution is -0.162. The Morgan fingerprint density at radius 2 is 2.27 bits per heavy atom. The summed E-state index contributed by atoms with van der Waals surface area (Å²) in [7, 11) is 0. The molecular weight excluding hydrogens is 376 g/mol. The monoisotopic (exact) mass is 394 g/mol. The summed E-state index contributed by atoms with van der Waals surface area (Å²) in [5, 5.41) is 15.4. The number of fused-ring (bicyclic) bond motifs is 1. The molecule has 0 bridgehead atoms. The third kappa shape index (κ3) is 3.55. The Balaban J connectivity index is 1.68. The lowest BCUT2D eigenvalue weighted by Gasteiger charge is -2.51. The van der Waals surface area contributed by atoms with Gasteiger partial charge in [-0.3, -0.25) is 9.59 Å². The average molecular weight is 394 g/mol. The Morgan fingerprint density at radius 3 is 2.92 bits per heavy atom. The van der Waals surface area contributed by atoms with E-state index in [0.717, 1.165) is 4.88 Å². The van der Waals surface area contributed by atoms with Crippen molar-refractivity contribution in [2.45, 2.75) is 23.9 Å². The number of esters is 1. The molecule has 3 heterocycles. The highest BCUT2D eigenvalue weighted by Crippen LogP contribution is 2.40. The number of carbonyl (C=O) groups excluding carboxylic acids is 3. The minimum Gasteiger partial charge on any atom is -0.460 e. The van der Waals surface area contributed by atoms with E-state index in [1.807, 2.05) is 17.5 Å². The van der Waals surface area contributed by atoms with Gasteiger partial charge in [0.2, 0.25) is 11.8 Å². The van der Waals surface area contributed by atoms with Crippen LogP contribution in [0.1, 0.15) is 4.88 Å². The number of thioether (sulfide) groups is 1. The van der Waals surface area contributed by atoms with E-state index in [1.165, 1.54) is 34.1 Å². The maximum atomic E-state index is 12.5. The number of ether oxygens (including phenoxy) is 1. The predicted molar refractivity (Wildman–Crippen MR) is 98.3 cm³/mol. The minimum absolute atomic E-state index is 0.0227. The normalized spacial score (nSPS) is 24.2. The van der Waals surface area contributed by atoms with Crippen LogP contribution in [-0.2, 0) is 25.5 Å². The Labute approximate surface area is 158 Å². The van der Waals surface area contributed by atoms with Crippen LogP contribution in [0.4, 0.5) is 0 Å². The summed E-state index contributed by atoms with van der Waals surface area (Å²) < 4.78 is 5.05. The van der Waals surface area contributed by atoms with E-state index in [2.05, 4.69) is 11.9 Å². The van der Waals surface area contributed by atoms with Gasteiger partial charge in [-0.1, -0.05) is 18.7 Å². The first-order chi connectivity index (χ1) is 12.6. The molecule has 0 aromatic carbocycles. The first-order valence-electron chi connectivity index (χ1n) is 7.93. The van der Waals surface area contributed by atoms with Crippen LogP contribution < -0.4 is 5.32 Å². The van der Waals surface area contributed by atoms with E-state index in [1.54, 1.807) is 5.41 Å². The third-order valence-electron chi connectivity index (χ3n) is 4.05. The number of thiophene rings is 1. The highest BCUT2D eigenvalue weighted by atomic mass is 32.2. The molecule has 2 N–H and O–H groups in total. The molecule has 2 aliphatic rings. The summed E-state index contributed by atoms with van der Waals surface area (Å²) in [6.07, 6.45) is 1.64. The molecule has 1 saturated heterocycles. The van der Waals surface area contributed by atoms with Gasteiger partial charge in [0, 0.05) is 4.88 Å². The molecule has 0 radical (unpaired) electrons. The molecule has 9 heteroatoms. The van der Waals surface area contributed by atoms with Gasteiger partial charge in [-0.15, -0.1) is 23.1 Å². The van der Waals surface area contributed by atoms with Crippen LogP contribution in [0, 0.1) is 0 Å². The maximum Gasteiger partial charge on any atom is 0.333 e. The number of aliphatic hydroxyl groups excluding tert-OH is 1. The first kappa shape index (κ1) is 18.7. The molecule has 7 nitrogen and oxygen atoms in total. The smallest absolute Gasteiger partial charge is 0.333 e. The minimum atomic E-state index is -0.968. The van der Waals surface area contributed by atoms with Gasteiger partial charge in [0.1, 0.15) is 18.0 Å². The molecule has 1 unspecified atom stereocenters. The Bertz CT molecular complexity index is 746. The zero-order chi connectivity index (χ0) is 18.7. The molecule has 0 saturated carbocycles. The van der Waals surface area contributed by atoms with Gasteiger partial charge < -0.3 is 20.1 Å². The van der Waals surface area contributed by atoms with E-state index in [-0.39, 0.29) is 31.4 Å². The van der Waals surface area contributed by atoms with Gasteiger partial charge >= 0.3 is 5.97 Å². The summed E-state index contributed by atoms with van der Waals surface area (Å²) in [5.74, 6) is -1.22. The number of carbonyl (C=O) groups is 3. The lowest BCUT2D eigenvalue weighted by atomic mass is 9.98. The van der Waals surface area contributed by atoms with Crippen molar-refractivity contribution in [3.8, 4) is 0 Å². The van der Waals surface area contributed by atoms with Crippen molar-refractivity contribution in [1.29, 1.82) is 0 Å². The molecular formula is C17H18N2O5S2. The standard InChI is InChI=1S/C17H18N2O5S2/c1-2-5-24-17(23)14-10(8-20)9-26-16-13(15(22)19(14)16)18-12(21)7-11-4-3-6-25-11/h2-4,6,9,13-14,16,20H,1,5,7-8H2,(H,18,21)/t13-,14?,16-/m1/s1. The molecule has 1 fully saturated rings. The van der Waals surface area contributed by atoms with Crippen LogP contribution in [0.5, 0.6) is 0 Å². The molecule has 2 amide bonds. The average Bonchev–Trinajstić information content (AvgIpc) is 3.15. The molecule has 2 aliphatic heterocycles. The van der Waals surface area contributed by atoms with Crippen LogP contribution in [0.2, 0.25) is 0 Å². The maximum absolute atomic E-state index is 12.5. The zero-order valence-electron chi connectivity index (χ0n) is 13.8. The SMILES string of the molecule is C=CCOC(=O)C1C(CO)=CS[C@@H]2[C@H](NC(=O)Cc3cccs3)C(=O)N12. The summed E-state index contributed by atoms with van der Waals surface area (Å²) in [5.41, 5.74) is 0.400. The lowest BCUT2D eigenvalue weighted by Crippen LogP contribution is -2.74. The number of amides is 2. The topological polar surface area (TPSA) is 95.9 Å². The fourth-order valence-corrected chi connectivity index (χ4v) is 4.76. The van der Waals surface area contributed by atoms with E-state index in [4.69, 9.17) is 4.74 Å². The third-order valence-corrected chi connectivity index (χ3v) is 6.14. The van der Waals surface area contributed by atoms with Crippen LogP contribution in [-0.4, -0.2) is 58.5 Å². The summed E-state index contributed by atoms with van der Waals surface area (Å²) in [6.45, 7) is 3.15. The second kappa shape index (κ2) is 8.07. The molecule has 0 spiro atoms. The predicted octanol–water partition coefficient (Wildman–Crippen LogP) is 0.664. The van der Waals surface area contributed by atoms with Crippen molar-refractivity contribution in [1.82, 2.24) is 10.2 Å². The van der Waals surface area contributed by atoms with Crippen LogP contribution in [0.15, 0.2) is 41.1 Å². The molecule has 138 valence electrons. The molecule has 1 aromatic heterocycles. The van der Waals surface area contributed by atoms with Gasteiger partial charge in [-0.2, -0.15) is 0 Å². The van der Waals surface area contributed by atoms with Gasteiger partial charge in [0.15, 0.2) is 6.04 Å². The highest BCUT2D eigenvalue weighted by molar-refractivity contribution is 8.02. The van der Waals surface area contributed by atoms with Crippen LogP contribution in [0.25, 0.3) is 0 Å². The Morgan fingerprint density at radius 1 is 1.46 bits per heavy atom. The van der Waals surface area contributed by atoms with E-state index >= 15 is 0 Å². The second-order valence-electron chi connectivity index (χ2n) is 5.75. The largest absolute Gasteiger partial charge is 0.460 e. The molecule has 3 atom stereocenters. The second-order valence-corrected chi connectivity index (χ2v) is 7.77. The summed E-state index contributed by atoms with van der Waals surface area (Å²) in [6, 6.07) is 2.06. The van der Waals surface area contributed by atoms with E-state index in [9.17, 15) is 19.5 Å². The Kier molecular flexibility index (Phi) is 5.80. The number of nitrogens with one attached hydrogen (secondary N) is 1. The molecule has 1 aromatic rings. The molecule has 0 aliphatic carbocycles. The van der Waals surface area contributed by atoms with Crippen LogP contribution >= 0.6 is 23.1 Å². The van der Waals surface area contributed by atoms with Crippen molar-refractivity contribution in [2.24, 2.45) is 0 Å². The highest BCUT2D eigenvalue weighted by Gasteiger charge is 2.56.